The first-order chi connectivity index (χ1) is 8.68. The maximum absolute atomic E-state index is 13.1. The minimum absolute atomic E-state index is 0.00722. The maximum Gasteiger partial charge on any atom is 0.253 e. The van der Waals surface area contributed by atoms with Crippen LogP contribution in [0.2, 0.25) is 0 Å². The van der Waals surface area contributed by atoms with Gasteiger partial charge in [-0.05, 0) is 31.0 Å². The van der Waals surface area contributed by atoms with Crippen molar-refractivity contribution in [1.82, 2.24) is 4.90 Å². The lowest BCUT2D eigenvalue weighted by Crippen LogP contribution is -2.33. The quantitative estimate of drug-likeness (QED) is 0.772. The van der Waals surface area contributed by atoms with Crippen LogP contribution >= 0.6 is 12.6 Å². The highest BCUT2D eigenvalue weighted by atomic mass is 32.1. The molecule has 1 aromatic rings. The van der Waals surface area contributed by atoms with Crippen LogP contribution in [0, 0.1) is 5.82 Å². The predicted molar refractivity (Wildman–Crippen MR) is 72.6 cm³/mol. The second-order valence-corrected chi connectivity index (χ2v) is 5.21. The summed E-state index contributed by atoms with van der Waals surface area (Å²) in [6.45, 7) is 1.61. The van der Waals surface area contributed by atoms with Crippen molar-refractivity contribution in [2.45, 2.75) is 37.0 Å². The summed E-state index contributed by atoms with van der Waals surface area (Å²) in [6.07, 6.45) is 5.75. The molecule has 0 atom stereocenters. The minimum Gasteiger partial charge on any atom is -0.339 e. The number of nitrogens with zero attached hydrogens (tertiary/aromatic N) is 1. The fourth-order valence-electron chi connectivity index (χ4n) is 2.28. The highest BCUT2D eigenvalue weighted by Crippen LogP contribution is 2.17. The van der Waals surface area contributed by atoms with E-state index in [2.05, 4.69) is 12.6 Å². The van der Waals surface area contributed by atoms with E-state index in [4.69, 9.17) is 0 Å². The number of hydrogen-bond donors (Lipinski definition) is 1. The van der Waals surface area contributed by atoms with Gasteiger partial charge in [0.25, 0.3) is 5.91 Å². The molecule has 0 bridgehead atoms. The van der Waals surface area contributed by atoms with Crippen molar-refractivity contribution in [2.24, 2.45) is 0 Å². The van der Waals surface area contributed by atoms with Gasteiger partial charge in [-0.1, -0.05) is 19.3 Å². The van der Waals surface area contributed by atoms with Crippen LogP contribution in [0.15, 0.2) is 23.1 Å². The van der Waals surface area contributed by atoms with Crippen molar-refractivity contribution in [2.75, 3.05) is 13.1 Å². The molecule has 1 aliphatic rings. The van der Waals surface area contributed by atoms with Gasteiger partial charge in [0.05, 0.1) is 0 Å². The average molecular weight is 267 g/mol. The van der Waals surface area contributed by atoms with E-state index in [1.54, 1.807) is 0 Å². The summed E-state index contributed by atoms with van der Waals surface area (Å²) in [7, 11) is 0. The van der Waals surface area contributed by atoms with Gasteiger partial charge in [-0.2, -0.15) is 0 Å². The molecule has 2 rings (SSSR count). The second kappa shape index (κ2) is 6.23. The fourth-order valence-corrected chi connectivity index (χ4v) is 2.49. The summed E-state index contributed by atoms with van der Waals surface area (Å²) < 4.78 is 13.1. The summed E-state index contributed by atoms with van der Waals surface area (Å²) in [5.41, 5.74) is 0.530. The smallest absolute Gasteiger partial charge is 0.253 e. The van der Waals surface area contributed by atoms with Crippen LogP contribution < -0.4 is 0 Å². The zero-order valence-corrected chi connectivity index (χ0v) is 11.3. The Morgan fingerprint density at radius 2 is 1.72 bits per heavy atom. The summed E-state index contributed by atoms with van der Waals surface area (Å²) in [6, 6.07) is 4.36. The van der Waals surface area contributed by atoms with Gasteiger partial charge in [0.2, 0.25) is 0 Å². The Morgan fingerprint density at radius 1 is 1.11 bits per heavy atom. The summed E-state index contributed by atoms with van der Waals surface area (Å²) >= 11 is 4.02. The van der Waals surface area contributed by atoms with Crippen LogP contribution in [0.3, 0.4) is 0 Å². The topological polar surface area (TPSA) is 20.3 Å². The molecule has 1 amide bonds. The molecule has 0 spiro atoms. The highest BCUT2D eigenvalue weighted by molar-refractivity contribution is 7.80. The number of halogens is 1. The van der Waals surface area contributed by atoms with Gasteiger partial charge in [0.1, 0.15) is 5.82 Å². The van der Waals surface area contributed by atoms with Crippen LogP contribution in [0.4, 0.5) is 4.39 Å². The largest absolute Gasteiger partial charge is 0.339 e. The first-order valence-corrected chi connectivity index (χ1v) is 6.91. The van der Waals surface area contributed by atoms with Gasteiger partial charge in [-0.25, -0.2) is 4.39 Å². The normalized spacial score (nSPS) is 17.1. The minimum atomic E-state index is -0.387. The van der Waals surface area contributed by atoms with E-state index in [1.165, 1.54) is 37.5 Å². The molecule has 1 aliphatic heterocycles. The van der Waals surface area contributed by atoms with Crippen molar-refractivity contribution in [3.8, 4) is 0 Å². The van der Waals surface area contributed by atoms with Crippen molar-refractivity contribution in [1.29, 1.82) is 0 Å². The SMILES string of the molecule is O=C(c1ccc(F)c(S)c1)N1CCCCCCC1. The number of carbonyl (C=O) groups is 1. The van der Waals surface area contributed by atoms with E-state index < -0.39 is 0 Å². The van der Waals surface area contributed by atoms with E-state index in [0.717, 1.165) is 25.9 Å². The standard InChI is InChI=1S/C14H18FNOS/c15-12-7-6-11(10-13(12)18)14(17)16-8-4-2-1-3-5-9-16/h6-7,10,18H,1-5,8-9H2. The number of benzene rings is 1. The van der Waals surface area contributed by atoms with Gasteiger partial charge in [0.15, 0.2) is 0 Å². The molecule has 0 unspecified atom stereocenters. The molecule has 0 N–H and O–H groups in total. The Morgan fingerprint density at radius 3 is 2.33 bits per heavy atom. The zero-order chi connectivity index (χ0) is 13.0. The van der Waals surface area contributed by atoms with E-state index in [-0.39, 0.29) is 16.6 Å². The predicted octanol–water partition coefficient (Wildman–Crippen LogP) is 3.52. The van der Waals surface area contributed by atoms with Gasteiger partial charge < -0.3 is 4.90 Å². The van der Waals surface area contributed by atoms with E-state index >= 15 is 0 Å². The Bertz CT molecular complexity index is 428. The van der Waals surface area contributed by atoms with Gasteiger partial charge >= 0.3 is 0 Å². The molecule has 1 heterocycles. The number of carbonyl (C=O) groups excluding carboxylic acids is 1. The maximum atomic E-state index is 13.1. The number of likely N-dealkylation sites (tertiary alicyclic amines) is 1. The van der Waals surface area contributed by atoms with Crippen molar-refractivity contribution in [3.05, 3.63) is 29.6 Å². The van der Waals surface area contributed by atoms with Crippen molar-refractivity contribution >= 4 is 18.5 Å². The van der Waals surface area contributed by atoms with Crippen LogP contribution in [0.25, 0.3) is 0 Å². The Labute approximate surface area is 113 Å². The molecule has 1 saturated heterocycles. The Hall–Kier alpha value is -1.03. The third kappa shape index (κ3) is 3.25. The molecule has 0 saturated carbocycles. The Kier molecular flexibility index (Phi) is 4.64. The molecule has 2 nitrogen and oxygen atoms in total. The van der Waals surface area contributed by atoms with Gasteiger partial charge in [-0.15, -0.1) is 12.6 Å². The second-order valence-electron chi connectivity index (χ2n) is 4.73. The summed E-state index contributed by atoms with van der Waals surface area (Å²) in [5.74, 6) is -0.394. The third-order valence-electron chi connectivity index (χ3n) is 3.34. The fraction of sp³-hybridized carbons (Fsp3) is 0.500. The molecule has 18 heavy (non-hydrogen) atoms. The third-order valence-corrected chi connectivity index (χ3v) is 3.68. The number of amides is 1. The molecule has 4 heteroatoms. The Balaban J connectivity index is 2.10. The molecule has 0 aromatic heterocycles. The number of rotatable bonds is 1. The monoisotopic (exact) mass is 267 g/mol. The molecule has 1 fully saturated rings. The molecule has 0 aliphatic carbocycles. The van der Waals surface area contributed by atoms with Crippen LogP contribution in [0.5, 0.6) is 0 Å². The molecule has 1 aromatic carbocycles. The van der Waals surface area contributed by atoms with Crippen LogP contribution in [0.1, 0.15) is 42.5 Å². The van der Waals surface area contributed by atoms with Crippen molar-refractivity contribution in [3.63, 3.8) is 0 Å². The first kappa shape index (κ1) is 13.4. The van der Waals surface area contributed by atoms with E-state index in [1.807, 2.05) is 4.90 Å². The number of thiol groups is 1. The van der Waals surface area contributed by atoms with Gasteiger partial charge in [-0.3, -0.25) is 4.79 Å². The van der Waals surface area contributed by atoms with E-state index in [9.17, 15) is 9.18 Å². The lowest BCUT2D eigenvalue weighted by atomic mass is 10.1. The summed E-state index contributed by atoms with van der Waals surface area (Å²) in [4.78, 5) is 14.4. The zero-order valence-electron chi connectivity index (χ0n) is 10.4. The molecule has 98 valence electrons. The molecular weight excluding hydrogens is 249 g/mol. The lowest BCUT2D eigenvalue weighted by molar-refractivity contribution is 0.0742. The van der Waals surface area contributed by atoms with Crippen LogP contribution in [-0.4, -0.2) is 23.9 Å². The number of hydrogen-bond acceptors (Lipinski definition) is 2. The van der Waals surface area contributed by atoms with E-state index in [0.29, 0.717) is 5.56 Å². The highest BCUT2D eigenvalue weighted by Gasteiger charge is 2.17. The average Bonchev–Trinajstić information content (AvgIpc) is 2.31. The summed E-state index contributed by atoms with van der Waals surface area (Å²) in [5, 5.41) is 0. The molecular formula is C14H18FNOS. The van der Waals surface area contributed by atoms with Crippen molar-refractivity contribution < 1.29 is 9.18 Å². The molecule has 0 radical (unpaired) electrons. The first-order valence-electron chi connectivity index (χ1n) is 6.46. The van der Waals surface area contributed by atoms with Crippen LogP contribution in [-0.2, 0) is 0 Å². The lowest BCUT2D eigenvalue weighted by Gasteiger charge is -2.25. The van der Waals surface area contributed by atoms with Gasteiger partial charge in [0, 0.05) is 23.5 Å².